The molecule has 2 unspecified atom stereocenters. The number of hydrogen-bond acceptors (Lipinski definition) is 6. The topological polar surface area (TPSA) is 103 Å². The van der Waals surface area contributed by atoms with Crippen LogP contribution in [-0.2, 0) is 11.2 Å². The molecule has 1 amide bonds. The molecular weight excluding hydrogens is 398 g/mol. The van der Waals surface area contributed by atoms with Gasteiger partial charge in [-0.05, 0) is 32.9 Å². The predicted octanol–water partition coefficient (Wildman–Crippen LogP) is 4.41. The van der Waals surface area contributed by atoms with Crippen molar-refractivity contribution in [2.75, 3.05) is 17.2 Å². The van der Waals surface area contributed by atoms with Gasteiger partial charge in [0.05, 0.1) is 27.9 Å². The molecule has 2 aromatic rings. The molecule has 0 aromatic heterocycles. The van der Waals surface area contributed by atoms with Crippen LogP contribution in [0.4, 0.5) is 17.1 Å². The molecule has 0 bridgehead atoms. The van der Waals surface area contributed by atoms with E-state index in [1.807, 2.05) is 26.0 Å². The number of ether oxygens (including phenoxy) is 2. The quantitative estimate of drug-likeness (QED) is 0.509. The van der Waals surface area contributed by atoms with E-state index in [-0.39, 0.29) is 22.5 Å². The molecule has 0 radical (unpaired) electrons. The maximum atomic E-state index is 12.6. The summed E-state index contributed by atoms with van der Waals surface area (Å²) in [6.45, 7) is 6.03. The lowest BCUT2D eigenvalue weighted by atomic mass is 10.1. The number of hydrogen-bond donors (Lipinski definition) is 2. The number of fused-ring (bicyclic) bond motifs is 1. The first-order valence-electron chi connectivity index (χ1n) is 9.26. The maximum absolute atomic E-state index is 12.6. The zero-order chi connectivity index (χ0) is 21.1. The molecule has 1 heterocycles. The van der Waals surface area contributed by atoms with Crippen LogP contribution in [-0.4, -0.2) is 29.6 Å². The van der Waals surface area contributed by atoms with E-state index in [0.717, 1.165) is 17.7 Å². The highest BCUT2D eigenvalue weighted by atomic mass is 35.5. The Bertz CT molecular complexity index is 950. The molecule has 0 saturated carbocycles. The second-order valence-corrected chi connectivity index (χ2v) is 7.21. The molecule has 0 aliphatic carbocycles. The fourth-order valence-corrected chi connectivity index (χ4v) is 3.25. The van der Waals surface area contributed by atoms with E-state index in [4.69, 9.17) is 21.1 Å². The smallest absolute Gasteiger partial charge is 0.271 e. The summed E-state index contributed by atoms with van der Waals surface area (Å²) in [5.74, 6) is 0.999. The van der Waals surface area contributed by atoms with Crippen LogP contribution in [0.15, 0.2) is 30.3 Å². The number of non-ortho nitro benzene ring substituents is 1. The van der Waals surface area contributed by atoms with E-state index in [1.165, 1.54) is 18.2 Å². The van der Waals surface area contributed by atoms with Crippen molar-refractivity contribution in [1.82, 2.24) is 0 Å². The summed E-state index contributed by atoms with van der Waals surface area (Å²) in [6, 6.07) is 6.96. The third kappa shape index (κ3) is 4.71. The minimum absolute atomic E-state index is 0.0893. The number of halogens is 1. The summed E-state index contributed by atoms with van der Waals surface area (Å²) in [5.41, 5.74) is 1.71. The van der Waals surface area contributed by atoms with E-state index in [1.54, 1.807) is 6.92 Å². The molecule has 1 aliphatic rings. The van der Waals surface area contributed by atoms with Crippen molar-refractivity contribution in [2.24, 2.45) is 0 Å². The molecule has 0 spiro atoms. The van der Waals surface area contributed by atoms with Gasteiger partial charge in [-0.1, -0.05) is 11.6 Å². The number of carbonyl (C=O) groups is 1. The van der Waals surface area contributed by atoms with Crippen LogP contribution < -0.4 is 20.1 Å². The van der Waals surface area contributed by atoms with Gasteiger partial charge in [-0.3, -0.25) is 14.9 Å². The highest BCUT2D eigenvalue weighted by Crippen LogP contribution is 2.38. The number of nitro groups is 1. The molecule has 154 valence electrons. The first-order valence-corrected chi connectivity index (χ1v) is 9.64. The third-order valence-corrected chi connectivity index (χ3v) is 4.81. The second kappa shape index (κ2) is 8.57. The number of nitro benzene ring substituents is 1. The summed E-state index contributed by atoms with van der Waals surface area (Å²) < 4.78 is 11.5. The molecular formula is C20H22ClN3O5. The van der Waals surface area contributed by atoms with Gasteiger partial charge >= 0.3 is 0 Å². The summed E-state index contributed by atoms with van der Waals surface area (Å²) in [5, 5.41) is 16.9. The van der Waals surface area contributed by atoms with Gasteiger partial charge in [-0.25, -0.2) is 0 Å². The average Bonchev–Trinajstić information content (AvgIpc) is 3.02. The SMILES string of the molecule is CCOc1cc2c(cc1NC(C)C(=O)Nc1cc([N+](=O)[O-])ccc1Cl)OC(C)C2. The number of rotatable bonds is 7. The Hall–Kier alpha value is -3.00. The lowest BCUT2D eigenvalue weighted by Crippen LogP contribution is -2.32. The van der Waals surface area contributed by atoms with Crippen molar-refractivity contribution in [3.05, 3.63) is 51.0 Å². The first-order chi connectivity index (χ1) is 13.8. The van der Waals surface area contributed by atoms with Crippen LogP contribution in [0.5, 0.6) is 11.5 Å². The van der Waals surface area contributed by atoms with Gasteiger partial charge in [0.15, 0.2) is 0 Å². The summed E-state index contributed by atoms with van der Waals surface area (Å²) in [4.78, 5) is 23.0. The molecule has 9 heteroatoms. The molecule has 0 fully saturated rings. The Morgan fingerprint density at radius 1 is 1.38 bits per heavy atom. The number of nitrogens with one attached hydrogen (secondary N) is 2. The van der Waals surface area contributed by atoms with E-state index >= 15 is 0 Å². The molecule has 3 rings (SSSR count). The van der Waals surface area contributed by atoms with Crippen LogP contribution in [0.1, 0.15) is 26.3 Å². The number of nitrogens with zero attached hydrogens (tertiary/aromatic N) is 1. The fraction of sp³-hybridized carbons (Fsp3) is 0.350. The van der Waals surface area contributed by atoms with Gasteiger partial charge in [-0.2, -0.15) is 0 Å². The Kier molecular flexibility index (Phi) is 6.12. The Morgan fingerprint density at radius 2 is 2.14 bits per heavy atom. The third-order valence-electron chi connectivity index (χ3n) is 4.48. The van der Waals surface area contributed by atoms with E-state index in [9.17, 15) is 14.9 Å². The van der Waals surface area contributed by atoms with Crippen molar-refractivity contribution < 1.29 is 19.2 Å². The first kappa shape index (κ1) is 20.7. The van der Waals surface area contributed by atoms with Crippen molar-refractivity contribution in [3.63, 3.8) is 0 Å². The Morgan fingerprint density at radius 3 is 2.83 bits per heavy atom. The number of anilines is 2. The molecule has 1 aliphatic heterocycles. The lowest BCUT2D eigenvalue weighted by molar-refractivity contribution is -0.384. The minimum Gasteiger partial charge on any atom is -0.492 e. The van der Waals surface area contributed by atoms with Gasteiger partial charge in [-0.15, -0.1) is 0 Å². The summed E-state index contributed by atoms with van der Waals surface area (Å²) in [6.07, 6.45) is 0.892. The van der Waals surface area contributed by atoms with Gasteiger partial charge < -0.3 is 20.1 Å². The number of amides is 1. The van der Waals surface area contributed by atoms with Crippen molar-refractivity contribution in [2.45, 2.75) is 39.3 Å². The van der Waals surface area contributed by atoms with E-state index in [2.05, 4.69) is 10.6 Å². The predicted molar refractivity (Wildman–Crippen MR) is 111 cm³/mol. The highest BCUT2D eigenvalue weighted by Gasteiger charge is 2.24. The van der Waals surface area contributed by atoms with Gasteiger partial charge in [0.25, 0.3) is 5.69 Å². The summed E-state index contributed by atoms with van der Waals surface area (Å²) >= 11 is 6.06. The maximum Gasteiger partial charge on any atom is 0.271 e. The van der Waals surface area contributed by atoms with Crippen LogP contribution in [0.25, 0.3) is 0 Å². The van der Waals surface area contributed by atoms with Crippen LogP contribution in [0.3, 0.4) is 0 Å². The molecule has 29 heavy (non-hydrogen) atoms. The van der Waals surface area contributed by atoms with Crippen molar-refractivity contribution in [1.29, 1.82) is 0 Å². The number of benzene rings is 2. The highest BCUT2D eigenvalue weighted by molar-refractivity contribution is 6.33. The van der Waals surface area contributed by atoms with Crippen molar-refractivity contribution in [3.8, 4) is 11.5 Å². The molecule has 2 N–H and O–H groups in total. The standard InChI is InChI=1S/C20H22ClN3O5/c1-4-28-19-8-13-7-11(2)29-18(13)10-17(19)22-12(3)20(25)23-16-9-14(24(26)27)5-6-15(16)21/h5-6,8-12,22H,4,7H2,1-3H3,(H,23,25). The molecule has 2 aromatic carbocycles. The van der Waals surface area contributed by atoms with Gasteiger partial charge in [0.1, 0.15) is 23.6 Å². The molecule has 2 atom stereocenters. The zero-order valence-electron chi connectivity index (χ0n) is 16.3. The monoisotopic (exact) mass is 419 g/mol. The lowest BCUT2D eigenvalue weighted by Gasteiger charge is -2.19. The Labute approximate surface area is 173 Å². The van der Waals surface area contributed by atoms with Crippen LogP contribution >= 0.6 is 11.6 Å². The molecule has 0 saturated heterocycles. The normalized spacial score (nSPS) is 15.8. The number of carbonyl (C=O) groups excluding carboxylic acids is 1. The largest absolute Gasteiger partial charge is 0.492 e. The van der Waals surface area contributed by atoms with Crippen LogP contribution in [0.2, 0.25) is 5.02 Å². The average molecular weight is 420 g/mol. The van der Waals surface area contributed by atoms with E-state index in [0.29, 0.717) is 18.0 Å². The van der Waals surface area contributed by atoms with Crippen molar-refractivity contribution >= 4 is 34.6 Å². The Balaban J connectivity index is 1.77. The van der Waals surface area contributed by atoms with Gasteiger partial charge in [0.2, 0.25) is 5.91 Å². The summed E-state index contributed by atoms with van der Waals surface area (Å²) in [7, 11) is 0. The minimum atomic E-state index is -0.665. The van der Waals surface area contributed by atoms with Crippen LogP contribution in [0, 0.1) is 10.1 Å². The second-order valence-electron chi connectivity index (χ2n) is 6.80. The molecule has 8 nitrogen and oxygen atoms in total. The van der Waals surface area contributed by atoms with E-state index < -0.39 is 16.9 Å². The fourth-order valence-electron chi connectivity index (χ4n) is 3.09. The van der Waals surface area contributed by atoms with Gasteiger partial charge in [0, 0.05) is 30.2 Å². The zero-order valence-corrected chi connectivity index (χ0v) is 17.1.